The second-order valence-electron chi connectivity index (χ2n) is 4.24. The highest BCUT2D eigenvalue weighted by molar-refractivity contribution is 8.22. The fraction of sp³-hybridized carbons (Fsp3) is 0.462. The summed E-state index contributed by atoms with van der Waals surface area (Å²) in [5, 5.41) is 0. The molecular formula is C13H16N2O2S2. The van der Waals surface area contributed by atoms with E-state index in [0.29, 0.717) is 17.5 Å². The van der Waals surface area contributed by atoms with Crippen LogP contribution in [0.25, 0.3) is 0 Å². The smallest absolute Gasteiger partial charge is 0.225 e. The number of nitrogens with zero attached hydrogens (tertiary/aromatic N) is 2. The molecule has 0 fully saturated rings. The summed E-state index contributed by atoms with van der Waals surface area (Å²) < 4.78 is 5.83. The third-order valence-electron chi connectivity index (χ3n) is 2.96. The molecule has 1 unspecified atom stereocenters. The predicted octanol–water partition coefficient (Wildman–Crippen LogP) is 2.59. The number of thioether (sulfide) groups is 1. The van der Waals surface area contributed by atoms with Gasteiger partial charge in [-0.25, -0.2) is 4.98 Å². The summed E-state index contributed by atoms with van der Waals surface area (Å²) in [7, 11) is 0. The van der Waals surface area contributed by atoms with Crippen LogP contribution in [0.2, 0.25) is 0 Å². The lowest BCUT2D eigenvalue weighted by Crippen LogP contribution is -2.28. The number of pyridine rings is 1. The maximum Gasteiger partial charge on any atom is 0.225 e. The molecule has 0 bridgehead atoms. The van der Waals surface area contributed by atoms with Crippen molar-refractivity contribution in [2.75, 3.05) is 23.8 Å². The summed E-state index contributed by atoms with van der Waals surface area (Å²) in [5.41, 5.74) is 1.12. The molecule has 1 amide bonds. The van der Waals surface area contributed by atoms with Crippen LogP contribution in [-0.2, 0) is 9.53 Å². The Kier molecular flexibility index (Phi) is 4.76. The summed E-state index contributed by atoms with van der Waals surface area (Å²) >= 11 is 6.63. The lowest BCUT2D eigenvalue weighted by atomic mass is 10.1. The van der Waals surface area contributed by atoms with Gasteiger partial charge in [0.15, 0.2) is 0 Å². The topological polar surface area (TPSA) is 42.4 Å². The molecule has 19 heavy (non-hydrogen) atoms. The second kappa shape index (κ2) is 6.34. The van der Waals surface area contributed by atoms with E-state index < -0.39 is 0 Å². The number of rotatable bonds is 3. The fourth-order valence-electron chi connectivity index (χ4n) is 2.11. The molecule has 0 N–H and O–H groups in total. The number of carbonyl (C=O) groups is 1. The average molecular weight is 296 g/mol. The van der Waals surface area contributed by atoms with Crippen molar-refractivity contribution in [3.63, 3.8) is 0 Å². The van der Waals surface area contributed by atoms with Gasteiger partial charge in [-0.3, -0.25) is 9.69 Å². The first-order valence-electron chi connectivity index (χ1n) is 6.16. The van der Waals surface area contributed by atoms with Crippen molar-refractivity contribution in [3.05, 3.63) is 23.9 Å². The van der Waals surface area contributed by atoms with Crippen LogP contribution in [-0.4, -0.2) is 34.2 Å². The van der Waals surface area contributed by atoms with Crippen LogP contribution in [0, 0.1) is 0 Å². The number of anilines is 1. The number of thiocarbonyl (C=S) groups is 1. The van der Waals surface area contributed by atoms with Gasteiger partial charge < -0.3 is 4.74 Å². The molecule has 0 saturated carbocycles. The van der Waals surface area contributed by atoms with Crippen molar-refractivity contribution in [3.8, 4) is 0 Å². The van der Waals surface area contributed by atoms with Gasteiger partial charge in [0.05, 0.1) is 6.61 Å². The van der Waals surface area contributed by atoms with Crippen LogP contribution in [0.3, 0.4) is 0 Å². The quantitative estimate of drug-likeness (QED) is 0.802. The normalized spacial score (nSPS) is 17.2. The zero-order valence-electron chi connectivity index (χ0n) is 11.0. The van der Waals surface area contributed by atoms with Crippen molar-refractivity contribution in [2.45, 2.75) is 19.8 Å². The van der Waals surface area contributed by atoms with Gasteiger partial charge in [0.2, 0.25) is 10.3 Å². The Morgan fingerprint density at radius 1 is 1.68 bits per heavy atom. The molecule has 0 aromatic carbocycles. The largest absolute Gasteiger partial charge is 0.479 e. The second-order valence-corrected chi connectivity index (χ2v) is 5.86. The van der Waals surface area contributed by atoms with E-state index >= 15 is 0 Å². The summed E-state index contributed by atoms with van der Waals surface area (Å²) in [6, 6.07) is 3.93. The molecule has 1 aromatic rings. The van der Waals surface area contributed by atoms with Gasteiger partial charge in [-0.15, -0.1) is 0 Å². The molecule has 0 saturated heterocycles. The Bertz CT molecular complexity index is 493. The lowest BCUT2D eigenvalue weighted by Gasteiger charge is -2.14. The van der Waals surface area contributed by atoms with Gasteiger partial charge in [0, 0.05) is 36.9 Å². The van der Waals surface area contributed by atoms with Crippen LogP contribution < -0.4 is 4.90 Å². The monoisotopic (exact) mass is 296 g/mol. The zero-order chi connectivity index (χ0) is 13.8. The summed E-state index contributed by atoms with van der Waals surface area (Å²) in [6.07, 6.45) is 1.72. The van der Waals surface area contributed by atoms with Crippen molar-refractivity contribution in [1.29, 1.82) is 0 Å². The van der Waals surface area contributed by atoms with E-state index in [1.807, 2.05) is 19.1 Å². The first kappa shape index (κ1) is 14.3. The number of amides is 1. The van der Waals surface area contributed by atoms with Crippen molar-refractivity contribution < 1.29 is 9.53 Å². The van der Waals surface area contributed by atoms with Crippen molar-refractivity contribution in [2.24, 2.45) is 0 Å². The van der Waals surface area contributed by atoms with Gasteiger partial charge in [-0.1, -0.05) is 17.8 Å². The molecule has 1 aliphatic rings. The zero-order valence-corrected chi connectivity index (χ0v) is 12.6. The maximum atomic E-state index is 11.6. The highest BCUT2D eigenvalue weighted by atomic mass is 32.2. The number of hydrogen-bond donors (Lipinski definition) is 0. The van der Waals surface area contributed by atoms with Gasteiger partial charge in [0.25, 0.3) is 0 Å². The van der Waals surface area contributed by atoms with E-state index in [1.54, 1.807) is 18.0 Å². The third-order valence-corrected chi connectivity index (χ3v) is 4.35. The van der Waals surface area contributed by atoms with E-state index in [4.69, 9.17) is 17.0 Å². The SMILES string of the molecule is CCOC(=S)SCC1CN(C(C)=O)c2ncccc21. The average Bonchev–Trinajstić information content (AvgIpc) is 2.76. The highest BCUT2D eigenvalue weighted by Gasteiger charge is 2.31. The molecule has 6 heteroatoms. The predicted molar refractivity (Wildman–Crippen MR) is 81.7 cm³/mol. The van der Waals surface area contributed by atoms with Gasteiger partial charge in [0.1, 0.15) is 5.82 Å². The van der Waals surface area contributed by atoms with E-state index in [1.165, 1.54) is 11.8 Å². The minimum absolute atomic E-state index is 0.0276. The van der Waals surface area contributed by atoms with Crippen molar-refractivity contribution >= 4 is 40.1 Å². The Morgan fingerprint density at radius 2 is 2.47 bits per heavy atom. The van der Waals surface area contributed by atoms with Crippen LogP contribution in [0.4, 0.5) is 5.82 Å². The Balaban J connectivity index is 2.08. The number of ether oxygens (including phenoxy) is 1. The number of carbonyl (C=O) groups excluding carboxylic acids is 1. The Morgan fingerprint density at radius 3 is 3.16 bits per heavy atom. The lowest BCUT2D eigenvalue weighted by molar-refractivity contribution is -0.116. The van der Waals surface area contributed by atoms with Crippen LogP contribution >= 0.6 is 24.0 Å². The van der Waals surface area contributed by atoms with Crippen molar-refractivity contribution in [1.82, 2.24) is 4.98 Å². The molecule has 0 radical (unpaired) electrons. The van der Waals surface area contributed by atoms with E-state index in [-0.39, 0.29) is 11.8 Å². The first-order valence-corrected chi connectivity index (χ1v) is 7.55. The standard InChI is InChI=1S/C13H16N2O2S2/c1-3-17-13(18)19-8-10-7-15(9(2)16)12-11(10)5-4-6-14-12/h4-6,10H,3,7-8H2,1-2H3. The Labute approximate surface area is 122 Å². The molecule has 0 spiro atoms. The molecule has 4 nitrogen and oxygen atoms in total. The van der Waals surface area contributed by atoms with Gasteiger partial charge in [-0.2, -0.15) is 0 Å². The maximum absolute atomic E-state index is 11.6. The van der Waals surface area contributed by atoms with Crippen LogP contribution in [0.5, 0.6) is 0 Å². The Hall–Kier alpha value is -1.14. The molecular weight excluding hydrogens is 280 g/mol. The van der Waals surface area contributed by atoms with Gasteiger partial charge in [-0.05, 0) is 25.2 Å². The first-order chi connectivity index (χ1) is 9.13. The highest BCUT2D eigenvalue weighted by Crippen LogP contribution is 2.36. The molecule has 1 atom stereocenters. The molecule has 2 heterocycles. The summed E-state index contributed by atoms with van der Waals surface area (Å²) in [4.78, 5) is 17.7. The van der Waals surface area contributed by atoms with Gasteiger partial charge >= 0.3 is 0 Å². The van der Waals surface area contributed by atoms with E-state index in [9.17, 15) is 4.79 Å². The number of fused-ring (bicyclic) bond motifs is 1. The molecule has 1 aromatic heterocycles. The minimum atomic E-state index is 0.0276. The number of hydrogen-bond acceptors (Lipinski definition) is 5. The fourth-order valence-corrected chi connectivity index (χ4v) is 3.25. The molecule has 0 aliphatic carbocycles. The number of aromatic nitrogens is 1. The van der Waals surface area contributed by atoms with E-state index in [0.717, 1.165) is 17.1 Å². The van der Waals surface area contributed by atoms with Crippen LogP contribution in [0.15, 0.2) is 18.3 Å². The summed E-state index contributed by atoms with van der Waals surface area (Å²) in [6.45, 7) is 4.75. The van der Waals surface area contributed by atoms with E-state index in [2.05, 4.69) is 4.98 Å². The molecule has 102 valence electrons. The molecule has 2 rings (SSSR count). The summed E-state index contributed by atoms with van der Waals surface area (Å²) in [5.74, 6) is 1.88. The van der Waals surface area contributed by atoms with Crippen LogP contribution in [0.1, 0.15) is 25.3 Å². The molecule has 1 aliphatic heterocycles. The third kappa shape index (κ3) is 3.25. The minimum Gasteiger partial charge on any atom is -0.479 e.